The maximum atomic E-state index is 6.14. The number of imidazole rings is 1. The Kier molecular flexibility index (Phi) is 3.63. The molecule has 2 unspecified atom stereocenters. The third-order valence-electron chi connectivity index (χ3n) is 4.66. The number of aryl methyl sites for hydroxylation is 1. The Bertz CT molecular complexity index is 437. The first-order valence-electron chi connectivity index (χ1n) is 7.72. The third-order valence-corrected chi connectivity index (χ3v) is 4.66. The molecule has 1 aromatic heterocycles. The van der Waals surface area contributed by atoms with E-state index < -0.39 is 0 Å². The van der Waals surface area contributed by atoms with Gasteiger partial charge in [0.1, 0.15) is 5.82 Å². The first kappa shape index (κ1) is 13.1. The summed E-state index contributed by atoms with van der Waals surface area (Å²) < 4.78 is 2.40. The maximum absolute atomic E-state index is 6.14. The van der Waals surface area contributed by atoms with Crippen LogP contribution in [0.5, 0.6) is 0 Å². The summed E-state index contributed by atoms with van der Waals surface area (Å²) in [6.45, 7) is 6.75. The topological polar surface area (TPSA) is 47.1 Å². The van der Waals surface area contributed by atoms with Crippen LogP contribution in [0.25, 0.3) is 0 Å². The second kappa shape index (κ2) is 5.25. The highest BCUT2D eigenvalue weighted by Crippen LogP contribution is 2.33. The Morgan fingerprint density at radius 3 is 2.95 bits per heavy atom. The standard InChI is InChI=1S/C15H26N4/c1-11(2)18-8-4-3-5-14(18)15-17-9-13-7-6-12(16)10-19(13)15/h9,11-12,14H,3-8,10,16H2,1-2H3. The lowest BCUT2D eigenvalue weighted by atomic mass is 9.99. The van der Waals surface area contributed by atoms with Crippen molar-refractivity contribution < 1.29 is 0 Å². The lowest BCUT2D eigenvalue weighted by Crippen LogP contribution is -2.41. The molecule has 0 aromatic carbocycles. The molecule has 0 bridgehead atoms. The molecule has 0 amide bonds. The van der Waals surface area contributed by atoms with Crippen molar-refractivity contribution in [2.24, 2.45) is 5.73 Å². The third kappa shape index (κ3) is 2.43. The van der Waals surface area contributed by atoms with Crippen LogP contribution in [0.15, 0.2) is 6.20 Å². The fourth-order valence-electron chi connectivity index (χ4n) is 3.61. The summed E-state index contributed by atoms with van der Waals surface area (Å²) in [6.07, 6.45) is 8.15. The Morgan fingerprint density at radius 1 is 1.32 bits per heavy atom. The molecular weight excluding hydrogens is 236 g/mol. The molecular formula is C15H26N4. The van der Waals surface area contributed by atoms with Gasteiger partial charge in [0.25, 0.3) is 0 Å². The van der Waals surface area contributed by atoms with Crippen molar-refractivity contribution in [1.82, 2.24) is 14.5 Å². The first-order chi connectivity index (χ1) is 9.16. The van der Waals surface area contributed by atoms with Crippen molar-refractivity contribution >= 4 is 0 Å². The average molecular weight is 262 g/mol. The molecule has 2 atom stereocenters. The minimum atomic E-state index is 0.302. The molecule has 3 rings (SSSR count). The van der Waals surface area contributed by atoms with Gasteiger partial charge in [0, 0.05) is 30.5 Å². The first-order valence-corrected chi connectivity index (χ1v) is 7.72. The Hall–Kier alpha value is -0.870. The molecule has 1 aromatic rings. The minimum absolute atomic E-state index is 0.302. The van der Waals surface area contributed by atoms with Crippen LogP contribution < -0.4 is 5.73 Å². The van der Waals surface area contributed by atoms with Gasteiger partial charge >= 0.3 is 0 Å². The van der Waals surface area contributed by atoms with E-state index in [1.165, 1.54) is 37.3 Å². The van der Waals surface area contributed by atoms with Crippen LogP contribution in [0, 0.1) is 0 Å². The predicted molar refractivity (Wildman–Crippen MR) is 77.0 cm³/mol. The number of aromatic nitrogens is 2. The summed E-state index contributed by atoms with van der Waals surface area (Å²) in [5.74, 6) is 1.26. The Morgan fingerprint density at radius 2 is 2.16 bits per heavy atom. The van der Waals surface area contributed by atoms with Crippen LogP contribution in [0.4, 0.5) is 0 Å². The summed E-state index contributed by atoms with van der Waals surface area (Å²) in [7, 11) is 0. The number of fused-ring (bicyclic) bond motifs is 1. The van der Waals surface area contributed by atoms with E-state index >= 15 is 0 Å². The lowest BCUT2D eigenvalue weighted by molar-refractivity contribution is 0.102. The van der Waals surface area contributed by atoms with E-state index in [0.717, 1.165) is 19.4 Å². The summed E-state index contributed by atoms with van der Waals surface area (Å²) in [6, 6.07) is 1.39. The fraction of sp³-hybridized carbons (Fsp3) is 0.800. The number of nitrogens with zero attached hydrogens (tertiary/aromatic N) is 3. The van der Waals surface area contributed by atoms with E-state index in [2.05, 4.69) is 29.5 Å². The van der Waals surface area contributed by atoms with E-state index in [1.54, 1.807) is 0 Å². The highest BCUT2D eigenvalue weighted by Gasteiger charge is 2.31. The van der Waals surface area contributed by atoms with Crippen molar-refractivity contribution in [1.29, 1.82) is 0 Å². The summed E-state index contributed by atoms with van der Waals surface area (Å²) >= 11 is 0. The number of hydrogen-bond acceptors (Lipinski definition) is 3. The van der Waals surface area contributed by atoms with E-state index in [-0.39, 0.29) is 0 Å². The van der Waals surface area contributed by atoms with Crippen LogP contribution in [0.3, 0.4) is 0 Å². The molecule has 1 saturated heterocycles. The second-order valence-electron chi connectivity index (χ2n) is 6.36. The molecule has 19 heavy (non-hydrogen) atoms. The van der Waals surface area contributed by atoms with Gasteiger partial charge in [-0.25, -0.2) is 4.98 Å². The Labute approximate surface area is 116 Å². The lowest BCUT2D eigenvalue weighted by Gasteiger charge is -2.39. The number of hydrogen-bond donors (Lipinski definition) is 1. The van der Waals surface area contributed by atoms with Crippen molar-refractivity contribution in [3.8, 4) is 0 Å². The zero-order valence-corrected chi connectivity index (χ0v) is 12.2. The average Bonchev–Trinajstić information content (AvgIpc) is 2.81. The molecule has 106 valence electrons. The molecule has 2 N–H and O–H groups in total. The number of rotatable bonds is 2. The van der Waals surface area contributed by atoms with E-state index in [0.29, 0.717) is 18.1 Å². The molecule has 0 spiro atoms. The van der Waals surface area contributed by atoms with Crippen LogP contribution in [0.2, 0.25) is 0 Å². The number of piperidine rings is 1. The highest BCUT2D eigenvalue weighted by molar-refractivity contribution is 5.13. The van der Waals surface area contributed by atoms with Gasteiger partial charge in [-0.1, -0.05) is 6.42 Å². The maximum Gasteiger partial charge on any atom is 0.126 e. The van der Waals surface area contributed by atoms with Gasteiger partial charge in [-0.3, -0.25) is 4.90 Å². The van der Waals surface area contributed by atoms with Crippen molar-refractivity contribution in [3.05, 3.63) is 17.7 Å². The zero-order chi connectivity index (χ0) is 13.4. The van der Waals surface area contributed by atoms with Gasteiger partial charge in [-0.15, -0.1) is 0 Å². The Balaban J connectivity index is 1.90. The number of nitrogens with two attached hydrogens (primary N) is 1. The van der Waals surface area contributed by atoms with Crippen LogP contribution >= 0.6 is 0 Å². The molecule has 2 aliphatic rings. The van der Waals surface area contributed by atoms with E-state index in [4.69, 9.17) is 10.7 Å². The van der Waals surface area contributed by atoms with Crippen LogP contribution in [-0.4, -0.2) is 33.1 Å². The summed E-state index contributed by atoms with van der Waals surface area (Å²) in [5.41, 5.74) is 7.52. The van der Waals surface area contributed by atoms with Gasteiger partial charge in [-0.2, -0.15) is 0 Å². The normalized spacial score (nSPS) is 28.6. The minimum Gasteiger partial charge on any atom is -0.329 e. The van der Waals surface area contributed by atoms with Gasteiger partial charge in [0.05, 0.1) is 6.04 Å². The monoisotopic (exact) mass is 262 g/mol. The van der Waals surface area contributed by atoms with Crippen molar-refractivity contribution in [2.75, 3.05) is 6.54 Å². The molecule has 0 saturated carbocycles. The molecule has 0 aliphatic carbocycles. The quantitative estimate of drug-likeness (QED) is 0.888. The zero-order valence-electron chi connectivity index (χ0n) is 12.2. The second-order valence-corrected chi connectivity index (χ2v) is 6.36. The van der Waals surface area contributed by atoms with Crippen molar-refractivity contribution in [3.63, 3.8) is 0 Å². The fourth-order valence-corrected chi connectivity index (χ4v) is 3.61. The van der Waals surface area contributed by atoms with Gasteiger partial charge in [-0.05, 0) is 46.1 Å². The predicted octanol–water partition coefficient (Wildman–Crippen LogP) is 2.09. The largest absolute Gasteiger partial charge is 0.329 e. The summed E-state index contributed by atoms with van der Waals surface area (Å²) in [5, 5.41) is 0. The van der Waals surface area contributed by atoms with Gasteiger partial charge in [0.15, 0.2) is 0 Å². The molecule has 4 nitrogen and oxygen atoms in total. The molecule has 4 heteroatoms. The SMILES string of the molecule is CC(C)N1CCCCC1c1ncc2n1CC(N)CC2. The summed E-state index contributed by atoms with van der Waals surface area (Å²) in [4.78, 5) is 7.36. The van der Waals surface area contributed by atoms with E-state index in [1.807, 2.05) is 0 Å². The highest BCUT2D eigenvalue weighted by atomic mass is 15.2. The van der Waals surface area contributed by atoms with Crippen molar-refractivity contribution in [2.45, 2.75) is 70.6 Å². The van der Waals surface area contributed by atoms with Gasteiger partial charge in [0.2, 0.25) is 0 Å². The van der Waals surface area contributed by atoms with Crippen LogP contribution in [-0.2, 0) is 13.0 Å². The molecule has 2 aliphatic heterocycles. The number of likely N-dealkylation sites (tertiary alicyclic amines) is 1. The molecule has 0 radical (unpaired) electrons. The van der Waals surface area contributed by atoms with E-state index in [9.17, 15) is 0 Å². The van der Waals surface area contributed by atoms with Crippen LogP contribution in [0.1, 0.15) is 57.1 Å². The smallest absolute Gasteiger partial charge is 0.126 e. The van der Waals surface area contributed by atoms with Gasteiger partial charge < -0.3 is 10.3 Å². The molecule has 1 fully saturated rings. The molecule has 3 heterocycles.